The van der Waals surface area contributed by atoms with Crippen LogP contribution in [0.3, 0.4) is 0 Å². The van der Waals surface area contributed by atoms with E-state index in [1.807, 2.05) is 36.4 Å². The summed E-state index contributed by atoms with van der Waals surface area (Å²) in [5.41, 5.74) is 3.55. The van der Waals surface area contributed by atoms with Gasteiger partial charge in [0.2, 0.25) is 0 Å². The normalized spacial score (nSPS) is 18.3. The van der Waals surface area contributed by atoms with Crippen molar-refractivity contribution >= 4 is 34.6 Å². The van der Waals surface area contributed by atoms with Gasteiger partial charge in [-0.05, 0) is 29.3 Å². The molecule has 2 aromatic rings. The fraction of sp³-hybridized carbons (Fsp3) is 0.118. The van der Waals surface area contributed by atoms with Gasteiger partial charge in [0, 0.05) is 55.8 Å². The predicted molar refractivity (Wildman–Crippen MR) is 88.8 cm³/mol. The summed E-state index contributed by atoms with van der Waals surface area (Å²) in [7, 11) is 0. The first kappa shape index (κ1) is 16.2. The van der Waals surface area contributed by atoms with Crippen LogP contribution >= 0.6 is 23.2 Å². The summed E-state index contributed by atoms with van der Waals surface area (Å²) in [6.07, 6.45) is 4.40. The van der Waals surface area contributed by atoms with E-state index in [0.29, 0.717) is 0 Å². The van der Waals surface area contributed by atoms with Crippen LogP contribution in [-0.4, -0.2) is 6.17 Å². The zero-order valence-corrected chi connectivity index (χ0v) is 16.4. The molecule has 1 radical (unpaired) electrons. The van der Waals surface area contributed by atoms with Gasteiger partial charge in [-0.1, -0.05) is 47.9 Å². The molecular weight excluding hydrogens is 392 g/mol. The van der Waals surface area contributed by atoms with Crippen molar-refractivity contribution in [3.63, 3.8) is 0 Å². The summed E-state index contributed by atoms with van der Waals surface area (Å²) in [6.45, 7) is 2.16. The molecule has 2 heterocycles. The molecule has 0 amide bonds. The van der Waals surface area contributed by atoms with E-state index in [-0.39, 0.29) is 38.9 Å². The SMILES string of the molecule is C[C-]1c2cc(Cl)ccc2N2C=CN(c3ccc(Cl)cc3)C12.[Y]. The maximum Gasteiger partial charge on any atom is 0.0761 e. The zero-order valence-electron chi connectivity index (χ0n) is 12.0. The number of benzene rings is 2. The second-order valence-corrected chi connectivity index (χ2v) is 6.18. The van der Waals surface area contributed by atoms with Crippen LogP contribution in [0.4, 0.5) is 11.4 Å². The largest absolute Gasteiger partial charge is 0.386 e. The van der Waals surface area contributed by atoms with Crippen LogP contribution in [-0.2, 0) is 32.7 Å². The molecule has 2 aromatic carbocycles. The van der Waals surface area contributed by atoms with Gasteiger partial charge in [0.15, 0.2) is 0 Å². The third-order valence-corrected chi connectivity index (χ3v) is 4.58. The molecule has 0 fully saturated rings. The summed E-state index contributed by atoms with van der Waals surface area (Å²) < 4.78 is 0. The summed E-state index contributed by atoms with van der Waals surface area (Å²) in [5, 5.41) is 1.53. The molecule has 5 heteroatoms. The van der Waals surface area contributed by atoms with E-state index in [9.17, 15) is 0 Å². The van der Waals surface area contributed by atoms with Crippen LogP contribution < -0.4 is 9.80 Å². The van der Waals surface area contributed by atoms with Crippen molar-refractivity contribution in [2.45, 2.75) is 13.1 Å². The molecule has 2 aliphatic rings. The van der Waals surface area contributed by atoms with Gasteiger partial charge in [-0.2, -0.15) is 5.56 Å². The first-order chi connectivity index (χ1) is 10.1. The van der Waals surface area contributed by atoms with Gasteiger partial charge in [0.05, 0.1) is 6.17 Å². The van der Waals surface area contributed by atoms with Crippen LogP contribution in [0.15, 0.2) is 54.9 Å². The van der Waals surface area contributed by atoms with E-state index >= 15 is 0 Å². The quantitative estimate of drug-likeness (QED) is 0.612. The fourth-order valence-electron chi connectivity index (χ4n) is 3.10. The molecule has 0 saturated heterocycles. The molecular formula is C17H13Cl2N2Y-. The number of halogens is 2. The molecule has 0 saturated carbocycles. The van der Waals surface area contributed by atoms with Crippen molar-refractivity contribution in [2.75, 3.05) is 9.80 Å². The Morgan fingerprint density at radius 2 is 1.55 bits per heavy atom. The summed E-state index contributed by atoms with van der Waals surface area (Å²) in [6, 6.07) is 14.0. The molecule has 0 aliphatic carbocycles. The van der Waals surface area contributed by atoms with Gasteiger partial charge in [0.1, 0.15) is 0 Å². The van der Waals surface area contributed by atoms with Crippen LogP contribution in [0.5, 0.6) is 0 Å². The summed E-state index contributed by atoms with van der Waals surface area (Å²) in [4.78, 5) is 4.52. The first-order valence-corrected chi connectivity index (χ1v) is 7.55. The topological polar surface area (TPSA) is 6.48 Å². The Kier molecular flexibility index (Phi) is 4.48. The Balaban J connectivity index is 0.00000144. The summed E-state index contributed by atoms with van der Waals surface area (Å²) in [5.74, 6) is 1.30. The molecule has 2 nitrogen and oxygen atoms in total. The van der Waals surface area contributed by atoms with E-state index in [4.69, 9.17) is 23.2 Å². The zero-order chi connectivity index (χ0) is 14.6. The van der Waals surface area contributed by atoms with Gasteiger partial charge in [-0.3, -0.25) is 0 Å². The van der Waals surface area contributed by atoms with Crippen molar-refractivity contribution in [1.29, 1.82) is 0 Å². The molecule has 109 valence electrons. The maximum atomic E-state index is 6.14. The van der Waals surface area contributed by atoms with E-state index in [1.54, 1.807) is 0 Å². The van der Waals surface area contributed by atoms with Crippen molar-refractivity contribution in [1.82, 2.24) is 0 Å². The maximum absolute atomic E-state index is 6.14. The Labute approximate surface area is 165 Å². The minimum absolute atomic E-state index is 0. The Hall–Kier alpha value is -0.666. The number of hydrogen-bond acceptors (Lipinski definition) is 2. The van der Waals surface area contributed by atoms with Crippen LogP contribution in [0, 0.1) is 5.92 Å². The second kappa shape index (κ2) is 6.09. The number of hydrogen-bond donors (Lipinski definition) is 0. The minimum Gasteiger partial charge on any atom is -0.386 e. The van der Waals surface area contributed by atoms with Gasteiger partial charge < -0.3 is 9.80 Å². The molecule has 4 rings (SSSR count). The molecule has 0 aromatic heterocycles. The van der Waals surface area contributed by atoms with E-state index < -0.39 is 0 Å². The second-order valence-electron chi connectivity index (χ2n) is 5.31. The predicted octanol–water partition coefficient (Wildman–Crippen LogP) is 5.07. The molecule has 22 heavy (non-hydrogen) atoms. The van der Waals surface area contributed by atoms with Gasteiger partial charge in [0.25, 0.3) is 0 Å². The van der Waals surface area contributed by atoms with Crippen LogP contribution in [0.2, 0.25) is 10.0 Å². The minimum atomic E-state index is 0. The average molecular weight is 405 g/mol. The number of fused-ring (bicyclic) bond motifs is 3. The van der Waals surface area contributed by atoms with E-state index in [2.05, 4.69) is 35.2 Å². The smallest absolute Gasteiger partial charge is 0.0761 e. The van der Waals surface area contributed by atoms with Gasteiger partial charge in [-0.15, -0.1) is 12.0 Å². The fourth-order valence-corrected chi connectivity index (χ4v) is 3.40. The van der Waals surface area contributed by atoms with Crippen molar-refractivity contribution in [3.8, 4) is 0 Å². The molecule has 0 N–H and O–H groups in total. The van der Waals surface area contributed by atoms with E-state index in [0.717, 1.165) is 15.7 Å². The number of anilines is 2. The average Bonchev–Trinajstić information content (AvgIpc) is 3.01. The Morgan fingerprint density at radius 3 is 2.27 bits per heavy atom. The molecule has 1 unspecified atom stereocenters. The third-order valence-electron chi connectivity index (χ3n) is 4.09. The number of rotatable bonds is 1. The van der Waals surface area contributed by atoms with Crippen LogP contribution in [0.25, 0.3) is 0 Å². The van der Waals surface area contributed by atoms with Gasteiger partial charge >= 0.3 is 0 Å². The van der Waals surface area contributed by atoms with E-state index in [1.165, 1.54) is 17.2 Å². The van der Waals surface area contributed by atoms with Crippen LogP contribution in [0.1, 0.15) is 12.5 Å². The standard InChI is InChI=1S/C17H13Cl2N2.Y/c1-11-15-10-13(19)4-7-16(15)21-9-8-20(17(11)21)14-5-2-12(18)3-6-14;/h2-10,17H,1H3;/q-1;. The molecule has 0 bridgehead atoms. The molecule has 0 spiro atoms. The third kappa shape index (κ3) is 2.47. The number of nitrogens with zero attached hydrogens (tertiary/aromatic N) is 2. The van der Waals surface area contributed by atoms with Crippen molar-refractivity contribution in [3.05, 3.63) is 76.4 Å². The summed E-state index contributed by atoms with van der Waals surface area (Å²) >= 11 is 12.1. The van der Waals surface area contributed by atoms with Crippen molar-refractivity contribution < 1.29 is 32.7 Å². The van der Waals surface area contributed by atoms with Gasteiger partial charge in [-0.25, -0.2) is 0 Å². The molecule has 1 atom stereocenters. The molecule has 2 aliphatic heterocycles. The Morgan fingerprint density at radius 1 is 0.909 bits per heavy atom. The first-order valence-electron chi connectivity index (χ1n) is 6.79. The van der Waals surface area contributed by atoms with Crippen molar-refractivity contribution in [2.24, 2.45) is 0 Å². The Bertz CT molecular complexity index is 730. The monoisotopic (exact) mass is 404 g/mol.